The summed E-state index contributed by atoms with van der Waals surface area (Å²) in [5, 5.41) is 10.8. The Morgan fingerprint density at radius 1 is 1.35 bits per heavy atom. The third-order valence-electron chi connectivity index (χ3n) is 1.69. The number of halogens is 3. The van der Waals surface area contributed by atoms with Crippen LogP contribution in [0.5, 0.6) is 5.75 Å². The van der Waals surface area contributed by atoms with Crippen LogP contribution in [0.25, 0.3) is 0 Å². The standard InChI is InChI=1S/C10H10F3NO3.C3H8/c11-10(12,13)17-8-3-1-2-7(6-8)14-9(16)4-5-15;1-3-2/h1-3,6,15H,4-5H2,(H,14,16);3H2,1-2H3. The molecule has 0 aromatic heterocycles. The molecular weight excluding hydrogens is 275 g/mol. The number of hydrogen-bond donors (Lipinski definition) is 2. The minimum absolute atomic E-state index is 0.121. The molecule has 0 saturated heterocycles. The zero-order chi connectivity index (χ0) is 15.6. The number of carbonyl (C=O) groups is 1. The van der Waals surface area contributed by atoms with E-state index in [1.165, 1.54) is 18.6 Å². The van der Waals surface area contributed by atoms with Crippen molar-refractivity contribution in [1.29, 1.82) is 0 Å². The minimum atomic E-state index is -4.77. The van der Waals surface area contributed by atoms with Crippen molar-refractivity contribution in [3.63, 3.8) is 0 Å². The Kier molecular flexibility index (Phi) is 8.38. The average Bonchev–Trinajstić information content (AvgIpc) is 2.28. The van der Waals surface area contributed by atoms with Gasteiger partial charge in [-0.3, -0.25) is 4.79 Å². The normalized spacial score (nSPS) is 10.3. The third-order valence-corrected chi connectivity index (χ3v) is 1.69. The first kappa shape index (κ1) is 18.2. The SMILES string of the molecule is CCC.O=C(CCO)Nc1cccc(OC(F)(F)F)c1. The van der Waals surface area contributed by atoms with E-state index >= 15 is 0 Å². The van der Waals surface area contributed by atoms with Crippen LogP contribution < -0.4 is 10.1 Å². The van der Waals surface area contributed by atoms with Crippen LogP contribution in [0.3, 0.4) is 0 Å². The molecule has 1 rings (SSSR count). The molecule has 0 unspecified atom stereocenters. The number of hydrogen-bond acceptors (Lipinski definition) is 3. The fourth-order valence-electron chi connectivity index (χ4n) is 1.10. The lowest BCUT2D eigenvalue weighted by Gasteiger charge is -2.10. The summed E-state index contributed by atoms with van der Waals surface area (Å²) >= 11 is 0. The van der Waals surface area contributed by atoms with Crippen molar-refractivity contribution in [1.82, 2.24) is 0 Å². The Balaban J connectivity index is 0.00000110. The van der Waals surface area contributed by atoms with Crippen LogP contribution >= 0.6 is 0 Å². The second kappa shape index (κ2) is 9.19. The number of ether oxygens (including phenoxy) is 1. The lowest BCUT2D eigenvalue weighted by atomic mass is 10.3. The van der Waals surface area contributed by atoms with Gasteiger partial charge in [-0.1, -0.05) is 26.3 Å². The van der Waals surface area contributed by atoms with Crippen molar-refractivity contribution >= 4 is 11.6 Å². The summed E-state index contributed by atoms with van der Waals surface area (Å²) in [5.41, 5.74) is 0.171. The van der Waals surface area contributed by atoms with Gasteiger partial charge in [-0.05, 0) is 12.1 Å². The highest BCUT2D eigenvalue weighted by molar-refractivity contribution is 5.90. The molecule has 1 amide bonds. The van der Waals surface area contributed by atoms with E-state index in [0.717, 1.165) is 12.1 Å². The van der Waals surface area contributed by atoms with Gasteiger partial charge in [0.25, 0.3) is 0 Å². The zero-order valence-corrected chi connectivity index (χ0v) is 11.3. The first-order valence-electron chi connectivity index (χ1n) is 6.08. The predicted molar refractivity (Wildman–Crippen MR) is 69.4 cm³/mol. The lowest BCUT2D eigenvalue weighted by molar-refractivity contribution is -0.274. The van der Waals surface area contributed by atoms with Gasteiger partial charge in [0.15, 0.2) is 0 Å². The number of amides is 1. The molecule has 1 aromatic rings. The number of anilines is 1. The summed E-state index contributed by atoms with van der Waals surface area (Å²) in [6.45, 7) is 3.92. The molecule has 1 aromatic carbocycles. The molecule has 0 aliphatic rings. The summed E-state index contributed by atoms with van der Waals surface area (Å²) in [7, 11) is 0. The Labute approximate surface area is 115 Å². The van der Waals surface area contributed by atoms with Crippen LogP contribution in [0.4, 0.5) is 18.9 Å². The summed E-state index contributed by atoms with van der Waals surface area (Å²) in [4.78, 5) is 11.1. The van der Waals surface area contributed by atoms with E-state index in [-0.39, 0.29) is 18.7 Å². The van der Waals surface area contributed by atoms with Crippen molar-refractivity contribution in [3.05, 3.63) is 24.3 Å². The molecular formula is C13H18F3NO3. The van der Waals surface area contributed by atoms with Crippen LogP contribution in [-0.2, 0) is 4.79 Å². The van der Waals surface area contributed by atoms with Crippen LogP contribution in [0.1, 0.15) is 26.7 Å². The van der Waals surface area contributed by atoms with E-state index in [9.17, 15) is 18.0 Å². The smallest absolute Gasteiger partial charge is 0.406 e. The predicted octanol–water partition coefficient (Wildman–Crippen LogP) is 3.32. The molecule has 2 N–H and O–H groups in total. The second-order valence-corrected chi connectivity index (χ2v) is 3.80. The maximum absolute atomic E-state index is 11.9. The monoisotopic (exact) mass is 293 g/mol. The van der Waals surface area contributed by atoms with Gasteiger partial charge in [0.05, 0.1) is 13.0 Å². The van der Waals surface area contributed by atoms with Crippen molar-refractivity contribution < 1.29 is 27.8 Å². The van der Waals surface area contributed by atoms with Crippen LogP contribution in [-0.4, -0.2) is 24.0 Å². The van der Waals surface area contributed by atoms with Gasteiger partial charge in [0, 0.05) is 11.8 Å². The highest BCUT2D eigenvalue weighted by Gasteiger charge is 2.31. The molecule has 0 aliphatic heterocycles. The molecule has 4 nitrogen and oxygen atoms in total. The highest BCUT2D eigenvalue weighted by atomic mass is 19.4. The average molecular weight is 293 g/mol. The van der Waals surface area contributed by atoms with Gasteiger partial charge in [-0.25, -0.2) is 0 Å². The Bertz CT molecular complexity index is 408. The molecule has 0 radical (unpaired) electrons. The van der Waals surface area contributed by atoms with E-state index in [0.29, 0.717) is 0 Å². The van der Waals surface area contributed by atoms with Crippen molar-refractivity contribution in [2.75, 3.05) is 11.9 Å². The molecule has 0 bridgehead atoms. The summed E-state index contributed by atoms with van der Waals surface area (Å²) in [6.07, 6.45) is -3.64. The molecule has 0 aliphatic carbocycles. The molecule has 0 heterocycles. The Morgan fingerprint density at radius 3 is 2.45 bits per heavy atom. The molecule has 0 atom stereocenters. The quantitative estimate of drug-likeness (QED) is 0.895. The number of alkyl halides is 3. The first-order valence-corrected chi connectivity index (χ1v) is 6.08. The number of aliphatic hydroxyl groups is 1. The molecule has 0 fully saturated rings. The lowest BCUT2D eigenvalue weighted by Crippen LogP contribution is -2.17. The number of carbonyl (C=O) groups excluding carboxylic acids is 1. The van der Waals surface area contributed by atoms with E-state index in [4.69, 9.17) is 5.11 Å². The fraction of sp³-hybridized carbons (Fsp3) is 0.462. The summed E-state index contributed by atoms with van der Waals surface area (Å²) in [5.74, 6) is -0.907. The molecule has 114 valence electrons. The zero-order valence-electron chi connectivity index (χ0n) is 11.3. The van der Waals surface area contributed by atoms with Crippen LogP contribution in [0.15, 0.2) is 24.3 Å². The first-order chi connectivity index (χ1) is 9.32. The van der Waals surface area contributed by atoms with Crippen LogP contribution in [0, 0.1) is 0 Å². The van der Waals surface area contributed by atoms with E-state index in [2.05, 4.69) is 23.9 Å². The topological polar surface area (TPSA) is 58.6 Å². The fourth-order valence-corrected chi connectivity index (χ4v) is 1.10. The maximum Gasteiger partial charge on any atom is 0.573 e. The number of benzene rings is 1. The number of rotatable bonds is 4. The van der Waals surface area contributed by atoms with E-state index in [1.54, 1.807) is 0 Å². The molecule has 0 saturated carbocycles. The summed E-state index contributed by atoms with van der Waals surface area (Å²) < 4.78 is 39.4. The van der Waals surface area contributed by atoms with Gasteiger partial charge in [-0.15, -0.1) is 13.2 Å². The largest absolute Gasteiger partial charge is 0.573 e. The Morgan fingerprint density at radius 2 is 1.95 bits per heavy atom. The third kappa shape index (κ3) is 9.21. The highest BCUT2D eigenvalue weighted by Crippen LogP contribution is 2.24. The molecule has 0 spiro atoms. The van der Waals surface area contributed by atoms with Gasteiger partial charge >= 0.3 is 6.36 Å². The molecule has 7 heteroatoms. The van der Waals surface area contributed by atoms with Gasteiger partial charge in [0.2, 0.25) is 5.91 Å². The summed E-state index contributed by atoms with van der Waals surface area (Å²) in [6, 6.07) is 4.89. The second-order valence-electron chi connectivity index (χ2n) is 3.80. The molecule has 20 heavy (non-hydrogen) atoms. The van der Waals surface area contributed by atoms with Gasteiger partial charge < -0.3 is 15.2 Å². The van der Waals surface area contributed by atoms with Crippen molar-refractivity contribution in [2.45, 2.75) is 33.1 Å². The van der Waals surface area contributed by atoms with Crippen LogP contribution in [0.2, 0.25) is 0 Å². The van der Waals surface area contributed by atoms with E-state index < -0.39 is 18.0 Å². The van der Waals surface area contributed by atoms with E-state index in [1.807, 2.05) is 0 Å². The van der Waals surface area contributed by atoms with Gasteiger partial charge in [-0.2, -0.15) is 0 Å². The van der Waals surface area contributed by atoms with Gasteiger partial charge in [0.1, 0.15) is 5.75 Å². The minimum Gasteiger partial charge on any atom is -0.406 e. The van der Waals surface area contributed by atoms with Crippen molar-refractivity contribution in [3.8, 4) is 5.75 Å². The number of nitrogens with one attached hydrogen (secondary N) is 1. The Hall–Kier alpha value is -1.76. The number of aliphatic hydroxyl groups excluding tert-OH is 1. The van der Waals surface area contributed by atoms with Crippen molar-refractivity contribution in [2.24, 2.45) is 0 Å². The maximum atomic E-state index is 11.9.